The van der Waals surface area contributed by atoms with E-state index >= 15 is 0 Å². The quantitative estimate of drug-likeness (QED) is 0.409. The van der Waals surface area contributed by atoms with Gasteiger partial charge in [-0.1, -0.05) is 11.3 Å². The molecule has 0 aliphatic rings. The number of ether oxygens (including phenoxy) is 2. The van der Waals surface area contributed by atoms with Crippen LogP contribution in [0.5, 0.6) is 5.75 Å². The van der Waals surface area contributed by atoms with Gasteiger partial charge in [0.1, 0.15) is 10.8 Å². The second-order valence-corrected chi connectivity index (χ2v) is 7.38. The van der Waals surface area contributed by atoms with Crippen molar-refractivity contribution in [2.24, 2.45) is 0 Å². The number of benzene rings is 2. The van der Waals surface area contributed by atoms with E-state index in [0.29, 0.717) is 12.3 Å². The Bertz CT molecular complexity index is 1020. The Balaban J connectivity index is 1.63. The average molecular weight is 442 g/mol. The Morgan fingerprint density at radius 1 is 1.00 bits per heavy atom. The van der Waals surface area contributed by atoms with Gasteiger partial charge in [0.05, 0.1) is 13.7 Å². The fourth-order valence-electron chi connectivity index (χ4n) is 2.61. The first-order valence-electron chi connectivity index (χ1n) is 9.41. The number of nitrogens with one attached hydrogen (secondary N) is 2. The van der Waals surface area contributed by atoms with Crippen molar-refractivity contribution >= 4 is 39.7 Å². The van der Waals surface area contributed by atoms with Gasteiger partial charge in [0.15, 0.2) is 0 Å². The first-order valence-corrected chi connectivity index (χ1v) is 10.2. The van der Waals surface area contributed by atoms with Crippen LogP contribution in [0.1, 0.15) is 0 Å². The molecule has 3 rings (SSSR count). The standard InChI is InChI=1S/C21H23N5O4S/c1-26(16-8-10-17(30-3)11-9-16)21-25-24-20(31-21)14-4-6-15(7-5-14)23-19(28)18(27)22-12-13-29-2/h4-11H,12-13H2,1-3H3,(H,22,27)(H,23,28). The van der Waals surface area contributed by atoms with Crippen LogP contribution in [0.15, 0.2) is 48.5 Å². The van der Waals surface area contributed by atoms with Crippen LogP contribution in [0.3, 0.4) is 0 Å². The van der Waals surface area contributed by atoms with E-state index in [1.165, 1.54) is 18.4 Å². The lowest BCUT2D eigenvalue weighted by molar-refractivity contribution is -0.136. The molecule has 2 amide bonds. The molecule has 31 heavy (non-hydrogen) atoms. The minimum Gasteiger partial charge on any atom is -0.497 e. The lowest BCUT2D eigenvalue weighted by Crippen LogP contribution is -2.37. The van der Waals surface area contributed by atoms with Gasteiger partial charge in [0, 0.05) is 37.6 Å². The molecule has 0 saturated heterocycles. The molecule has 0 fully saturated rings. The highest BCUT2D eigenvalue weighted by Crippen LogP contribution is 2.32. The number of methoxy groups -OCH3 is 2. The van der Waals surface area contributed by atoms with Gasteiger partial charge in [0.25, 0.3) is 0 Å². The van der Waals surface area contributed by atoms with Gasteiger partial charge >= 0.3 is 11.8 Å². The smallest absolute Gasteiger partial charge is 0.313 e. The zero-order chi connectivity index (χ0) is 22.2. The molecule has 0 unspecified atom stereocenters. The molecule has 0 bridgehead atoms. The molecule has 162 valence electrons. The fourth-order valence-corrected chi connectivity index (χ4v) is 3.45. The van der Waals surface area contributed by atoms with Gasteiger partial charge in [-0.3, -0.25) is 9.59 Å². The molecule has 0 aliphatic heterocycles. The third kappa shape index (κ3) is 5.77. The molecule has 2 N–H and O–H groups in total. The highest BCUT2D eigenvalue weighted by molar-refractivity contribution is 7.18. The van der Waals surface area contributed by atoms with Crippen LogP contribution in [0.4, 0.5) is 16.5 Å². The second-order valence-electron chi connectivity index (χ2n) is 6.43. The summed E-state index contributed by atoms with van der Waals surface area (Å²) in [6.45, 7) is 0.608. The Labute approximate surface area is 184 Å². The minimum absolute atomic E-state index is 0.270. The molecule has 0 spiro atoms. The molecule has 9 nitrogen and oxygen atoms in total. The van der Waals surface area contributed by atoms with Crippen LogP contribution in [0.25, 0.3) is 10.6 Å². The summed E-state index contributed by atoms with van der Waals surface area (Å²) < 4.78 is 10.0. The topological polar surface area (TPSA) is 106 Å². The lowest BCUT2D eigenvalue weighted by atomic mass is 10.2. The zero-order valence-corrected chi connectivity index (χ0v) is 18.2. The molecular formula is C21H23N5O4S. The monoisotopic (exact) mass is 441 g/mol. The first-order chi connectivity index (χ1) is 15.0. The summed E-state index contributed by atoms with van der Waals surface area (Å²) in [4.78, 5) is 25.6. The SMILES string of the molecule is COCCNC(=O)C(=O)Nc1ccc(-c2nnc(N(C)c3ccc(OC)cc3)s2)cc1. The van der Waals surface area contributed by atoms with Crippen molar-refractivity contribution in [1.29, 1.82) is 0 Å². The van der Waals surface area contributed by atoms with Gasteiger partial charge in [-0.2, -0.15) is 0 Å². The van der Waals surface area contributed by atoms with Crippen molar-refractivity contribution in [1.82, 2.24) is 15.5 Å². The summed E-state index contributed by atoms with van der Waals surface area (Å²) in [7, 11) is 5.07. The van der Waals surface area contributed by atoms with Crippen molar-refractivity contribution in [2.45, 2.75) is 0 Å². The van der Waals surface area contributed by atoms with Crippen LogP contribution >= 0.6 is 11.3 Å². The number of rotatable bonds is 8. The van der Waals surface area contributed by atoms with E-state index in [-0.39, 0.29) is 6.54 Å². The molecule has 3 aromatic rings. The normalized spacial score (nSPS) is 10.4. The summed E-state index contributed by atoms with van der Waals surface area (Å²) in [5, 5.41) is 15.0. The summed E-state index contributed by atoms with van der Waals surface area (Å²) >= 11 is 1.44. The summed E-state index contributed by atoms with van der Waals surface area (Å²) in [6, 6.07) is 14.7. The average Bonchev–Trinajstić information content (AvgIpc) is 3.29. The maximum atomic E-state index is 11.9. The number of carbonyl (C=O) groups excluding carboxylic acids is 2. The van der Waals surface area contributed by atoms with Gasteiger partial charge in [-0.15, -0.1) is 10.2 Å². The number of hydrogen-bond donors (Lipinski definition) is 2. The maximum Gasteiger partial charge on any atom is 0.313 e. The molecule has 0 atom stereocenters. The molecule has 10 heteroatoms. The third-order valence-corrected chi connectivity index (χ3v) is 5.40. The van der Waals surface area contributed by atoms with E-state index in [1.807, 2.05) is 48.3 Å². The van der Waals surface area contributed by atoms with Crippen LogP contribution < -0.4 is 20.3 Å². The van der Waals surface area contributed by atoms with Crippen LogP contribution in [0.2, 0.25) is 0 Å². The largest absolute Gasteiger partial charge is 0.497 e. The highest BCUT2D eigenvalue weighted by Gasteiger charge is 2.14. The highest BCUT2D eigenvalue weighted by atomic mass is 32.1. The lowest BCUT2D eigenvalue weighted by Gasteiger charge is -2.15. The number of carbonyl (C=O) groups is 2. The summed E-state index contributed by atoms with van der Waals surface area (Å²) in [5.74, 6) is -0.658. The Morgan fingerprint density at radius 2 is 1.71 bits per heavy atom. The van der Waals surface area contributed by atoms with Gasteiger partial charge < -0.3 is 25.0 Å². The number of amides is 2. The van der Waals surface area contributed by atoms with Crippen LogP contribution in [0, 0.1) is 0 Å². The summed E-state index contributed by atoms with van der Waals surface area (Å²) in [6.07, 6.45) is 0. The third-order valence-electron chi connectivity index (χ3n) is 4.35. The van der Waals surface area contributed by atoms with Crippen molar-refractivity contribution in [2.75, 3.05) is 44.6 Å². The van der Waals surface area contributed by atoms with Crippen molar-refractivity contribution in [3.63, 3.8) is 0 Å². The molecule has 0 radical (unpaired) electrons. The molecule has 0 saturated carbocycles. The van der Waals surface area contributed by atoms with Crippen molar-refractivity contribution < 1.29 is 19.1 Å². The summed E-state index contributed by atoms with van der Waals surface area (Å²) in [5.41, 5.74) is 2.33. The van der Waals surface area contributed by atoms with E-state index in [4.69, 9.17) is 9.47 Å². The van der Waals surface area contributed by atoms with E-state index in [1.54, 1.807) is 19.2 Å². The zero-order valence-electron chi connectivity index (χ0n) is 17.4. The van der Waals surface area contributed by atoms with Crippen LogP contribution in [-0.2, 0) is 14.3 Å². The van der Waals surface area contributed by atoms with E-state index in [9.17, 15) is 9.59 Å². The molecule has 2 aromatic carbocycles. The predicted octanol–water partition coefficient (Wildman–Crippen LogP) is 2.68. The molecular weight excluding hydrogens is 418 g/mol. The van der Waals surface area contributed by atoms with E-state index < -0.39 is 11.8 Å². The van der Waals surface area contributed by atoms with Gasteiger partial charge in [-0.05, 0) is 48.5 Å². The molecule has 1 heterocycles. The van der Waals surface area contributed by atoms with Crippen LogP contribution in [-0.4, -0.2) is 56.4 Å². The number of hydrogen-bond acceptors (Lipinski definition) is 8. The van der Waals surface area contributed by atoms with E-state index in [2.05, 4.69) is 20.8 Å². The first kappa shape index (κ1) is 22.2. The number of nitrogens with zero attached hydrogens (tertiary/aromatic N) is 3. The Hall–Kier alpha value is -3.50. The maximum absolute atomic E-state index is 11.9. The predicted molar refractivity (Wildman–Crippen MR) is 120 cm³/mol. The number of aromatic nitrogens is 2. The molecule has 1 aromatic heterocycles. The van der Waals surface area contributed by atoms with Crippen molar-refractivity contribution in [3.05, 3.63) is 48.5 Å². The van der Waals surface area contributed by atoms with Crippen molar-refractivity contribution in [3.8, 4) is 16.3 Å². The van der Waals surface area contributed by atoms with E-state index in [0.717, 1.165) is 27.1 Å². The van der Waals surface area contributed by atoms with Gasteiger partial charge in [0.2, 0.25) is 5.13 Å². The number of anilines is 3. The Kier molecular flexibility index (Phi) is 7.52. The second kappa shape index (κ2) is 10.5. The molecule has 0 aliphatic carbocycles. The minimum atomic E-state index is -0.733. The Morgan fingerprint density at radius 3 is 2.35 bits per heavy atom. The fraction of sp³-hybridized carbons (Fsp3) is 0.238. The van der Waals surface area contributed by atoms with Gasteiger partial charge in [-0.25, -0.2) is 0 Å².